The highest BCUT2D eigenvalue weighted by Crippen LogP contribution is 2.09. The Hall–Kier alpha value is -3.09. The van der Waals surface area contributed by atoms with Crippen molar-refractivity contribution < 1.29 is 13.6 Å². The molecular weight excluding hydrogens is 302 g/mol. The van der Waals surface area contributed by atoms with Crippen molar-refractivity contribution in [2.45, 2.75) is 6.54 Å². The molecule has 0 aliphatic heterocycles. The van der Waals surface area contributed by atoms with Gasteiger partial charge in [-0.25, -0.2) is 18.7 Å². The van der Waals surface area contributed by atoms with Gasteiger partial charge in [0.25, 0.3) is 5.91 Å². The van der Waals surface area contributed by atoms with Crippen molar-refractivity contribution in [2.75, 3.05) is 0 Å². The van der Waals surface area contributed by atoms with E-state index in [1.165, 1.54) is 0 Å². The van der Waals surface area contributed by atoms with Crippen molar-refractivity contribution in [2.24, 2.45) is 0 Å². The lowest BCUT2D eigenvalue weighted by molar-refractivity contribution is 0.0950. The molecule has 23 heavy (non-hydrogen) atoms. The van der Waals surface area contributed by atoms with Crippen LogP contribution < -0.4 is 5.32 Å². The zero-order valence-corrected chi connectivity index (χ0v) is 11.9. The average molecular weight is 314 g/mol. The molecule has 0 saturated heterocycles. The maximum absolute atomic E-state index is 13.1. The van der Waals surface area contributed by atoms with E-state index in [4.69, 9.17) is 0 Å². The summed E-state index contributed by atoms with van der Waals surface area (Å²) in [6.07, 6.45) is 6.65. The van der Waals surface area contributed by atoms with E-state index in [1.54, 1.807) is 41.6 Å². The van der Waals surface area contributed by atoms with E-state index in [0.717, 1.165) is 23.8 Å². The van der Waals surface area contributed by atoms with Gasteiger partial charge >= 0.3 is 0 Å². The first-order valence-electron chi connectivity index (χ1n) is 6.79. The molecule has 5 nitrogen and oxygen atoms in total. The monoisotopic (exact) mass is 314 g/mol. The van der Waals surface area contributed by atoms with Gasteiger partial charge in [-0.2, -0.15) is 0 Å². The number of rotatable bonds is 4. The predicted octanol–water partition coefficient (Wildman–Crippen LogP) is 2.48. The van der Waals surface area contributed by atoms with Crippen LogP contribution in [-0.4, -0.2) is 20.4 Å². The third-order valence-electron chi connectivity index (χ3n) is 3.16. The minimum Gasteiger partial charge on any atom is -0.348 e. The van der Waals surface area contributed by atoms with Gasteiger partial charge in [0.05, 0.1) is 0 Å². The summed E-state index contributed by atoms with van der Waals surface area (Å²) in [6, 6.07) is 6.27. The number of benzene rings is 1. The second-order valence-electron chi connectivity index (χ2n) is 4.84. The number of aromatic nitrogens is 3. The number of hydrogen-bond donors (Lipinski definition) is 1. The molecule has 0 fully saturated rings. The average Bonchev–Trinajstić information content (AvgIpc) is 3.06. The minimum atomic E-state index is -0.790. The van der Waals surface area contributed by atoms with E-state index >= 15 is 0 Å². The fourth-order valence-electron chi connectivity index (χ4n) is 2.04. The van der Waals surface area contributed by atoms with Gasteiger partial charge in [0.1, 0.15) is 23.8 Å². The molecule has 0 bridgehead atoms. The molecular formula is C16H12F2N4O. The number of nitrogens with one attached hydrogen (secondary N) is 1. The second kappa shape index (κ2) is 6.35. The normalized spacial score (nSPS) is 10.5. The van der Waals surface area contributed by atoms with Gasteiger partial charge in [-0.15, -0.1) is 0 Å². The van der Waals surface area contributed by atoms with E-state index in [2.05, 4.69) is 15.3 Å². The van der Waals surface area contributed by atoms with Crippen molar-refractivity contribution in [1.29, 1.82) is 0 Å². The molecule has 2 aromatic heterocycles. The first-order chi connectivity index (χ1) is 11.1. The Bertz CT molecular complexity index is 796. The van der Waals surface area contributed by atoms with Crippen LogP contribution in [0.25, 0.3) is 5.82 Å². The van der Waals surface area contributed by atoms with Crippen LogP contribution in [0.4, 0.5) is 8.78 Å². The molecule has 2 heterocycles. The Kier molecular flexibility index (Phi) is 4.09. The van der Waals surface area contributed by atoms with Crippen LogP contribution in [-0.2, 0) is 6.54 Å². The SMILES string of the molecule is O=C(NCc1ccc(-n2ccnc2)nc1)c1cc(F)cc(F)c1. The molecule has 0 spiro atoms. The smallest absolute Gasteiger partial charge is 0.251 e. The largest absolute Gasteiger partial charge is 0.348 e. The lowest BCUT2D eigenvalue weighted by Gasteiger charge is -2.07. The molecule has 0 atom stereocenters. The number of imidazole rings is 1. The van der Waals surface area contributed by atoms with Gasteiger partial charge in [-0.05, 0) is 23.8 Å². The van der Waals surface area contributed by atoms with Crippen molar-refractivity contribution >= 4 is 5.91 Å². The minimum absolute atomic E-state index is 0.0644. The van der Waals surface area contributed by atoms with Gasteiger partial charge in [0, 0.05) is 36.8 Å². The van der Waals surface area contributed by atoms with Crippen LogP contribution in [0.2, 0.25) is 0 Å². The highest BCUT2D eigenvalue weighted by molar-refractivity contribution is 5.94. The highest BCUT2D eigenvalue weighted by atomic mass is 19.1. The highest BCUT2D eigenvalue weighted by Gasteiger charge is 2.09. The van der Waals surface area contributed by atoms with Crippen LogP contribution in [0.1, 0.15) is 15.9 Å². The summed E-state index contributed by atoms with van der Waals surface area (Å²) in [7, 11) is 0. The molecule has 1 aromatic carbocycles. The van der Waals surface area contributed by atoms with E-state index < -0.39 is 17.5 Å². The van der Waals surface area contributed by atoms with E-state index in [1.807, 2.05) is 0 Å². The second-order valence-corrected chi connectivity index (χ2v) is 4.84. The van der Waals surface area contributed by atoms with Crippen molar-refractivity contribution in [3.63, 3.8) is 0 Å². The molecule has 0 saturated carbocycles. The predicted molar refractivity (Wildman–Crippen MR) is 78.9 cm³/mol. The Labute approximate surface area is 130 Å². The fourth-order valence-corrected chi connectivity index (χ4v) is 2.04. The molecule has 1 amide bonds. The number of nitrogens with zero attached hydrogens (tertiary/aromatic N) is 3. The third-order valence-corrected chi connectivity index (χ3v) is 3.16. The lowest BCUT2D eigenvalue weighted by Crippen LogP contribution is -2.23. The first kappa shape index (κ1) is 14.8. The molecule has 0 radical (unpaired) electrons. The number of carbonyl (C=O) groups is 1. The summed E-state index contributed by atoms with van der Waals surface area (Å²) in [5, 5.41) is 2.59. The Morgan fingerprint density at radius 2 is 1.96 bits per heavy atom. The molecule has 0 aliphatic rings. The maximum atomic E-state index is 13.1. The summed E-state index contributed by atoms with van der Waals surface area (Å²) in [5.41, 5.74) is 0.699. The van der Waals surface area contributed by atoms with E-state index in [9.17, 15) is 13.6 Å². The number of hydrogen-bond acceptors (Lipinski definition) is 3. The molecule has 0 aliphatic carbocycles. The molecule has 3 aromatic rings. The number of halogens is 2. The Morgan fingerprint density at radius 3 is 2.57 bits per heavy atom. The van der Waals surface area contributed by atoms with Gasteiger partial charge in [-0.3, -0.25) is 9.36 Å². The summed E-state index contributed by atoms with van der Waals surface area (Å²) >= 11 is 0. The Balaban J connectivity index is 1.65. The standard InChI is InChI=1S/C16H12F2N4O/c17-13-5-12(6-14(18)7-13)16(23)21-9-11-1-2-15(20-8-11)22-4-3-19-10-22/h1-8,10H,9H2,(H,21,23). The van der Waals surface area contributed by atoms with Crippen molar-refractivity contribution in [1.82, 2.24) is 19.9 Å². The van der Waals surface area contributed by atoms with E-state index in [0.29, 0.717) is 5.82 Å². The lowest BCUT2D eigenvalue weighted by atomic mass is 10.2. The number of pyridine rings is 1. The van der Waals surface area contributed by atoms with Crippen LogP contribution in [0.5, 0.6) is 0 Å². The quantitative estimate of drug-likeness (QED) is 0.805. The molecule has 3 rings (SSSR count). The van der Waals surface area contributed by atoms with Gasteiger partial charge < -0.3 is 5.32 Å². The molecule has 7 heteroatoms. The Morgan fingerprint density at radius 1 is 1.17 bits per heavy atom. The topological polar surface area (TPSA) is 59.8 Å². The summed E-state index contributed by atoms with van der Waals surface area (Å²) < 4.78 is 27.9. The molecule has 1 N–H and O–H groups in total. The third kappa shape index (κ3) is 3.57. The molecule has 116 valence electrons. The number of amides is 1. The zero-order chi connectivity index (χ0) is 16.2. The summed E-state index contributed by atoms with van der Waals surface area (Å²) in [4.78, 5) is 20.1. The van der Waals surface area contributed by atoms with Crippen LogP contribution >= 0.6 is 0 Å². The zero-order valence-electron chi connectivity index (χ0n) is 11.9. The first-order valence-corrected chi connectivity index (χ1v) is 6.79. The van der Waals surface area contributed by atoms with Crippen LogP contribution in [0, 0.1) is 11.6 Å². The maximum Gasteiger partial charge on any atom is 0.251 e. The van der Waals surface area contributed by atoms with Crippen molar-refractivity contribution in [3.8, 4) is 5.82 Å². The van der Waals surface area contributed by atoms with E-state index in [-0.39, 0.29) is 12.1 Å². The van der Waals surface area contributed by atoms with Crippen LogP contribution in [0.3, 0.4) is 0 Å². The van der Waals surface area contributed by atoms with Gasteiger partial charge in [0.2, 0.25) is 0 Å². The summed E-state index contributed by atoms with van der Waals surface area (Å²) in [5.74, 6) is -1.44. The fraction of sp³-hybridized carbons (Fsp3) is 0.0625. The number of carbonyl (C=O) groups excluding carboxylic acids is 1. The van der Waals surface area contributed by atoms with Gasteiger partial charge in [-0.1, -0.05) is 6.07 Å². The van der Waals surface area contributed by atoms with Crippen molar-refractivity contribution in [3.05, 3.63) is 78.0 Å². The molecule has 0 unspecified atom stereocenters. The summed E-state index contributed by atoms with van der Waals surface area (Å²) in [6.45, 7) is 0.203. The van der Waals surface area contributed by atoms with Crippen LogP contribution in [0.15, 0.2) is 55.2 Å². The van der Waals surface area contributed by atoms with Gasteiger partial charge in [0.15, 0.2) is 0 Å².